The van der Waals surface area contributed by atoms with Gasteiger partial charge in [-0.3, -0.25) is 0 Å². The molecule has 3 rings (SSSR count). The Morgan fingerprint density at radius 1 is 1.06 bits per heavy atom. The van der Waals surface area contributed by atoms with Gasteiger partial charge < -0.3 is 10.1 Å². The molecule has 0 fully saturated rings. The van der Waals surface area contributed by atoms with Crippen LogP contribution in [0.2, 0.25) is 0 Å². The summed E-state index contributed by atoms with van der Waals surface area (Å²) in [4.78, 5) is 22.2. The molecule has 5 nitrogen and oxygen atoms in total. The predicted molar refractivity (Wildman–Crippen MR) is 66.3 cm³/mol. The largest absolute Gasteiger partial charge is 0.477 e. The van der Waals surface area contributed by atoms with Crippen molar-refractivity contribution in [3.05, 3.63) is 48.2 Å². The standard InChI is InChI=1S/C13H9N3O2/c17-13(18)10-7-6-9-12(15-10)16-11(14-9)8-4-2-1-3-5-8/h1-7H,(H,17,18)(H,14,15,16). The van der Waals surface area contributed by atoms with Crippen LogP contribution in [0.1, 0.15) is 10.5 Å². The number of aromatic nitrogens is 3. The molecule has 0 radical (unpaired) electrons. The van der Waals surface area contributed by atoms with Gasteiger partial charge in [0.05, 0.1) is 0 Å². The minimum Gasteiger partial charge on any atom is -0.477 e. The quantitative estimate of drug-likeness (QED) is 0.719. The Morgan fingerprint density at radius 2 is 1.83 bits per heavy atom. The number of carbonyl (C=O) groups is 1. The molecule has 1 aromatic carbocycles. The highest BCUT2D eigenvalue weighted by Gasteiger charge is 2.09. The predicted octanol–water partition coefficient (Wildman–Crippen LogP) is 2.32. The van der Waals surface area contributed by atoms with E-state index in [1.807, 2.05) is 30.3 Å². The Bertz CT molecular complexity index is 719. The Morgan fingerprint density at radius 3 is 2.56 bits per heavy atom. The first-order valence-electron chi connectivity index (χ1n) is 5.39. The van der Waals surface area contributed by atoms with Crippen molar-refractivity contribution in [1.29, 1.82) is 0 Å². The summed E-state index contributed by atoms with van der Waals surface area (Å²) in [5.74, 6) is -0.367. The number of nitrogens with zero attached hydrogens (tertiary/aromatic N) is 2. The van der Waals surface area contributed by atoms with Crippen molar-refractivity contribution in [3.8, 4) is 11.4 Å². The second kappa shape index (κ2) is 3.96. The minimum atomic E-state index is -1.05. The number of fused-ring (bicyclic) bond motifs is 1. The lowest BCUT2D eigenvalue weighted by molar-refractivity contribution is 0.0691. The minimum absolute atomic E-state index is 0.00533. The average molecular weight is 239 g/mol. The summed E-state index contributed by atoms with van der Waals surface area (Å²) in [6.45, 7) is 0. The molecule has 88 valence electrons. The van der Waals surface area contributed by atoms with E-state index in [1.165, 1.54) is 6.07 Å². The van der Waals surface area contributed by atoms with Crippen LogP contribution in [0.15, 0.2) is 42.5 Å². The fourth-order valence-electron chi connectivity index (χ4n) is 1.75. The molecule has 3 aromatic rings. The molecular weight excluding hydrogens is 230 g/mol. The summed E-state index contributed by atoms with van der Waals surface area (Å²) in [5, 5.41) is 8.87. The van der Waals surface area contributed by atoms with E-state index >= 15 is 0 Å². The SMILES string of the molecule is O=C(O)c1ccc2nc(-c3ccccc3)[nH]c2n1. The van der Waals surface area contributed by atoms with Gasteiger partial charge in [-0.05, 0) is 12.1 Å². The Hall–Kier alpha value is -2.69. The first-order chi connectivity index (χ1) is 8.74. The number of imidazole rings is 1. The fourth-order valence-corrected chi connectivity index (χ4v) is 1.75. The van der Waals surface area contributed by atoms with Crippen LogP contribution >= 0.6 is 0 Å². The van der Waals surface area contributed by atoms with E-state index in [4.69, 9.17) is 5.11 Å². The van der Waals surface area contributed by atoms with Crippen LogP contribution in [0.5, 0.6) is 0 Å². The molecule has 0 saturated heterocycles. The van der Waals surface area contributed by atoms with E-state index < -0.39 is 5.97 Å². The van der Waals surface area contributed by atoms with Crippen molar-refractivity contribution in [1.82, 2.24) is 15.0 Å². The summed E-state index contributed by atoms with van der Waals surface area (Å²) in [6, 6.07) is 12.7. The van der Waals surface area contributed by atoms with Gasteiger partial charge >= 0.3 is 5.97 Å². The van der Waals surface area contributed by atoms with Gasteiger partial charge in [-0.15, -0.1) is 0 Å². The maximum atomic E-state index is 10.8. The van der Waals surface area contributed by atoms with Gasteiger partial charge in [-0.2, -0.15) is 0 Å². The van der Waals surface area contributed by atoms with Crippen molar-refractivity contribution < 1.29 is 9.90 Å². The Labute approximate surface area is 102 Å². The Kier molecular flexibility index (Phi) is 2.30. The van der Waals surface area contributed by atoms with Gasteiger partial charge in [-0.1, -0.05) is 30.3 Å². The van der Waals surface area contributed by atoms with E-state index in [-0.39, 0.29) is 5.69 Å². The number of pyridine rings is 1. The van der Waals surface area contributed by atoms with Crippen molar-refractivity contribution >= 4 is 17.1 Å². The Balaban J connectivity index is 2.14. The number of rotatable bonds is 2. The molecule has 0 unspecified atom stereocenters. The zero-order chi connectivity index (χ0) is 12.5. The topological polar surface area (TPSA) is 78.9 Å². The van der Waals surface area contributed by atoms with Crippen LogP contribution in [0.3, 0.4) is 0 Å². The summed E-state index contributed by atoms with van der Waals surface area (Å²) >= 11 is 0. The van der Waals surface area contributed by atoms with Crippen LogP contribution in [-0.4, -0.2) is 26.0 Å². The van der Waals surface area contributed by atoms with Gasteiger partial charge in [0, 0.05) is 5.56 Å². The van der Waals surface area contributed by atoms with E-state index in [2.05, 4.69) is 15.0 Å². The molecule has 2 heterocycles. The number of aromatic amines is 1. The first-order valence-corrected chi connectivity index (χ1v) is 5.39. The lowest BCUT2D eigenvalue weighted by Crippen LogP contribution is -1.99. The van der Waals surface area contributed by atoms with Crippen LogP contribution in [0.4, 0.5) is 0 Å². The zero-order valence-corrected chi connectivity index (χ0v) is 9.29. The van der Waals surface area contributed by atoms with E-state index in [0.717, 1.165) is 5.56 Å². The highest BCUT2D eigenvalue weighted by atomic mass is 16.4. The second-order valence-corrected chi connectivity index (χ2v) is 3.82. The monoisotopic (exact) mass is 239 g/mol. The van der Waals surface area contributed by atoms with Crippen LogP contribution in [-0.2, 0) is 0 Å². The molecule has 0 aliphatic carbocycles. The van der Waals surface area contributed by atoms with E-state index in [9.17, 15) is 4.79 Å². The molecule has 0 saturated carbocycles. The molecule has 0 amide bonds. The number of hydrogen-bond donors (Lipinski definition) is 2. The molecular formula is C13H9N3O2. The van der Waals surface area contributed by atoms with Crippen LogP contribution in [0, 0.1) is 0 Å². The van der Waals surface area contributed by atoms with Crippen molar-refractivity contribution in [3.63, 3.8) is 0 Å². The van der Waals surface area contributed by atoms with Gasteiger partial charge in [0.25, 0.3) is 0 Å². The van der Waals surface area contributed by atoms with Gasteiger partial charge in [0.1, 0.15) is 11.3 Å². The summed E-state index contributed by atoms with van der Waals surface area (Å²) in [6.07, 6.45) is 0. The number of hydrogen-bond acceptors (Lipinski definition) is 3. The number of carboxylic acids is 1. The molecule has 0 bridgehead atoms. The van der Waals surface area contributed by atoms with Crippen molar-refractivity contribution in [2.24, 2.45) is 0 Å². The molecule has 2 N–H and O–H groups in total. The normalized spacial score (nSPS) is 10.7. The van der Waals surface area contributed by atoms with Gasteiger partial charge in [0.15, 0.2) is 11.3 Å². The molecule has 2 aromatic heterocycles. The molecule has 5 heteroatoms. The van der Waals surface area contributed by atoms with E-state index in [0.29, 0.717) is 17.0 Å². The maximum absolute atomic E-state index is 10.8. The lowest BCUT2D eigenvalue weighted by Gasteiger charge is -1.93. The smallest absolute Gasteiger partial charge is 0.354 e. The maximum Gasteiger partial charge on any atom is 0.354 e. The fraction of sp³-hybridized carbons (Fsp3) is 0. The van der Waals surface area contributed by atoms with Gasteiger partial charge in [0.2, 0.25) is 0 Å². The lowest BCUT2D eigenvalue weighted by atomic mass is 10.2. The number of benzene rings is 1. The zero-order valence-electron chi connectivity index (χ0n) is 9.29. The van der Waals surface area contributed by atoms with E-state index in [1.54, 1.807) is 6.07 Å². The molecule has 0 atom stereocenters. The van der Waals surface area contributed by atoms with Crippen LogP contribution in [0.25, 0.3) is 22.6 Å². The highest BCUT2D eigenvalue weighted by Crippen LogP contribution is 2.19. The second-order valence-electron chi connectivity index (χ2n) is 3.82. The third kappa shape index (κ3) is 1.71. The summed E-state index contributed by atoms with van der Waals surface area (Å²) in [5.41, 5.74) is 2.07. The van der Waals surface area contributed by atoms with Crippen molar-refractivity contribution in [2.45, 2.75) is 0 Å². The van der Waals surface area contributed by atoms with Crippen LogP contribution < -0.4 is 0 Å². The number of aromatic carboxylic acids is 1. The molecule has 18 heavy (non-hydrogen) atoms. The summed E-state index contributed by atoms with van der Waals surface area (Å²) < 4.78 is 0. The highest BCUT2D eigenvalue weighted by molar-refractivity contribution is 5.88. The third-order valence-electron chi connectivity index (χ3n) is 2.61. The molecule has 0 spiro atoms. The molecule has 0 aliphatic rings. The number of carboxylic acid groups (broad SMARTS) is 1. The number of H-pyrrole nitrogens is 1. The molecule has 0 aliphatic heterocycles. The average Bonchev–Trinajstić information content (AvgIpc) is 2.82. The number of nitrogens with one attached hydrogen (secondary N) is 1. The van der Waals surface area contributed by atoms with Crippen molar-refractivity contribution in [2.75, 3.05) is 0 Å². The first kappa shape index (κ1) is 10.5. The summed E-state index contributed by atoms with van der Waals surface area (Å²) in [7, 11) is 0. The third-order valence-corrected chi connectivity index (χ3v) is 2.61. The van der Waals surface area contributed by atoms with Gasteiger partial charge in [-0.25, -0.2) is 14.8 Å².